The maximum absolute atomic E-state index is 12.7. The molecule has 0 radical (unpaired) electrons. The van der Waals surface area contributed by atoms with E-state index in [-0.39, 0.29) is 48.3 Å². The lowest BCUT2D eigenvalue weighted by atomic mass is 10.1. The number of oxazole rings is 1. The molecule has 0 unspecified atom stereocenters. The average molecular weight is 1340 g/mol. The number of hydrogen-bond acceptors (Lipinski definition) is 12. The highest BCUT2D eigenvalue weighted by Crippen LogP contribution is 2.25. The Morgan fingerprint density at radius 3 is 1.16 bits per heavy atom. The third-order valence-electron chi connectivity index (χ3n) is 12.2. The van der Waals surface area contributed by atoms with Crippen LogP contribution in [0.2, 0.25) is 0 Å². The normalized spacial score (nSPS) is 9.61. The summed E-state index contributed by atoms with van der Waals surface area (Å²) in [6.45, 7) is 27.5. The van der Waals surface area contributed by atoms with Gasteiger partial charge in [0.2, 0.25) is 11.8 Å². The van der Waals surface area contributed by atoms with Crippen LogP contribution >= 0.6 is 11.3 Å². The highest BCUT2D eigenvalue weighted by Gasteiger charge is 2.12. The average Bonchev–Trinajstić information content (AvgIpc) is 2.03. The van der Waals surface area contributed by atoms with Gasteiger partial charge in [0.1, 0.15) is 52.2 Å². The zero-order chi connectivity index (χ0) is 71.4. The first-order valence-corrected chi connectivity index (χ1v) is 31.5. The van der Waals surface area contributed by atoms with Crippen molar-refractivity contribution in [1.29, 1.82) is 0 Å². The van der Waals surface area contributed by atoms with Crippen molar-refractivity contribution in [3.63, 3.8) is 0 Å². The number of halogens is 5. The molecule has 5 aromatic heterocycles. The molecule has 0 fully saturated rings. The van der Waals surface area contributed by atoms with Gasteiger partial charge in [-0.1, -0.05) is 131 Å². The molecule has 0 saturated carbocycles. The largest absolute Gasteiger partial charge is 0.454 e. The topological polar surface area (TPSA) is 139 Å². The van der Waals surface area contributed by atoms with Crippen molar-refractivity contribution in [2.24, 2.45) is 0 Å². The van der Waals surface area contributed by atoms with Crippen LogP contribution in [-0.4, -0.2) is 40.1 Å². The van der Waals surface area contributed by atoms with Crippen LogP contribution in [0.25, 0.3) is 0 Å². The summed E-state index contributed by atoms with van der Waals surface area (Å²) in [6, 6.07) is 31.7. The Morgan fingerprint density at radius 1 is 0.412 bits per heavy atom. The Balaban J connectivity index is 0.000000576. The maximum atomic E-state index is 12.7. The third kappa shape index (κ3) is 35.5. The molecule has 0 aliphatic rings. The lowest BCUT2D eigenvalue weighted by Gasteiger charge is -2.06. The van der Waals surface area contributed by atoms with E-state index in [4.69, 9.17) is 20.0 Å². The van der Waals surface area contributed by atoms with Gasteiger partial charge in [-0.15, -0.1) is 65.0 Å². The molecule has 5 heterocycles. The SMILES string of the molecule is C.C#C.C#CC.C#CC#CC.CC#CC.CC(C)c1ncc(Cc2ccc(F)cc2)cn1.CC(C)c1ncc(Cc2ccc(F)cc2)o1.CC(C)c1ncc(Cc2ccc(F)cc2)s1.CC(C)c1ncc(Oc2ccc(F)cc2)cn1.CC(C)c1nnc(Cc2ccc(F)cc2)o1. The first-order valence-electron chi connectivity index (χ1n) is 30.7. The summed E-state index contributed by atoms with van der Waals surface area (Å²) in [4.78, 5) is 26.8. The molecule has 10 rings (SSSR count). The first-order chi connectivity index (χ1) is 46.0. The zero-order valence-electron chi connectivity index (χ0n) is 57.1. The summed E-state index contributed by atoms with van der Waals surface area (Å²) in [6.07, 6.45) is 30.6. The van der Waals surface area contributed by atoms with Crippen LogP contribution in [0, 0.1) is 90.3 Å². The smallest absolute Gasteiger partial charge is 0.220 e. The molecule has 0 aliphatic heterocycles. The van der Waals surface area contributed by atoms with Crippen LogP contribution < -0.4 is 4.74 Å². The van der Waals surface area contributed by atoms with Crippen LogP contribution in [0.4, 0.5) is 22.0 Å². The quantitative estimate of drug-likeness (QED) is 0.0716. The number of hydrogen-bond donors (Lipinski definition) is 0. The van der Waals surface area contributed by atoms with Gasteiger partial charge in [0, 0.05) is 72.3 Å². The van der Waals surface area contributed by atoms with Crippen molar-refractivity contribution in [2.45, 2.75) is 160 Å². The van der Waals surface area contributed by atoms with E-state index in [0.717, 1.165) is 69.0 Å². The first kappa shape index (κ1) is 84.5. The molecule has 10 aromatic rings. The molecular weight excluding hydrogens is 1250 g/mol. The van der Waals surface area contributed by atoms with Gasteiger partial charge in [0.05, 0.1) is 30.0 Å². The van der Waals surface area contributed by atoms with E-state index in [0.29, 0.717) is 53.9 Å². The Kier molecular flexibility index (Phi) is 42.0. The lowest BCUT2D eigenvalue weighted by molar-refractivity contribution is 0.439. The van der Waals surface area contributed by atoms with Gasteiger partial charge < -0.3 is 13.6 Å². The molecule has 97 heavy (non-hydrogen) atoms. The van der Waals surface area contributed by atoms with E-state index >= 15 is 0 Å². The second-order valence-corrected chi connectivity index (χ2v) is 23.1. The van der Waals surface area contributed by atoms with E-state index in [1.807, 2.05) is 86.1 Å². The molecular formula is C80H89F5N8O3S. The van der Waals surface area contributed by atoms with Crippen LogP contribution in [0.1, 0.15) is 207 Å². The van der Waals surface area contributed by atoms with Gasteiger partial charge in [0.25, 0.3) is 0 Å². The molecule has 0 N–H and O–H groups in total. The van der Waals surface area contributed by atoms with Gasteiger partial charge in [-0.3, -0.25) is 0 Å². The maximum Gasteiger partial charge on any atom is 0.220 e. The molecule has 5 aromatic carbocycles. The number of terminal acetylenes is 3. The molecule has 0 saturated heterocycles. The fraction of sp³-hybridized carbons (Fsp3) is 0.300. The summed E-state index contributed by atoms with van der Waals surface area (Å²) in [7, 11) is 0. The van der Waals surface area contributed by atoms with Gasteiger partial charge in [-0.05, 0) is 140 Å². The van der Waals surface area contributed by atoms with Crippen molar-refractivity contribution < 1.29 is 35.5 Å². The predicted molar refractivity (Wildman–Crippen MR) is 383 cm³/mol. The Bertz CT molecular complexity index is 3660. The summed E-state index contributed by atoms with van der Waals surface area (Å²) in [5.41, 5.74) is 5.21. The fourth-order valence-corrected chi connectivity index (χ4v) is 8.23. The van der Waals surface area contributed by atoms with Crippen molar-refractivity contribution in [1.82, 2.24) is 40.1 Å². The number of thiazole rings is 1. The number of benzene rings is 5. The van der Waals surface area contributed by atoms with E-state index in [9.17, 15) is 22.0 Å². The molecule has 0 spiro atoms. The second-order valence-electron chi connectivity index (χ2n) is 21.9. The molecule has 0 amide bonds. The van der Waals surface area contributed by atoms with Crippen molar-refractivity contribution in [3.05, 3.63) is 260 Å². The molecule has 11 nitrogen and oxygen atoms in total. The van der Waals surface area contributed by atoms with E-state index in [1.165, 1.54) is 65.5 Å². The summed E-state index contributed by atoms with van der Waals surface area (Å²) in [5, 5.41) is 9.05. The van der Waals surface area contributed by atoms with Gasteiger partial charge in [-0.2, -0.15) is 0 Å². The number of aromatic nitrogens is 8. The van der Waals surface area contributed by atoms with E-state index in [1.54, 1.807) is 92.3 Å². The molecule has 508 valence electrons. The lowest BCUT2D eigenvalue weighted by Crippen LogP contribution is -1.99. The molecule has 0 atom stereocenters. The van der Waals surface area contributed by atoms with Gasteiger partial charge >= 0.3 is 0 Å². The predicted octanol–water partition coefficient (Wildman–Crippen LogP) is 20.5. The van der Waals surface area contributed by atoms with Crippen LogP contribution in [0.5, 0.6) is 11.5 Å². The van der Waals surface area contributed by atoms with Crippen LogP contribution in [0.15, 0.2) is 167 Å². The minimum absolute atomic E-state index is 0. The van der Waals surface area contributed by atoms with E-state index < -0.39 is 0 Å². The Hall–Kier alpha value is -10.5. The van der Waals surface area contributed by atoms with Crippen molar-refractivity contribution in [2.75, 3.05) is 0 Å². The van der Waals surface area contributed by atoms with Crippen molar-refractivity contribution >= 4 is 11.3 Å². The van der Waals surface area contributed by atoms with Gasteiger partial charge in [-0.25, -0.2) is 51.9 Å². The van der Waals surface area contributed by atoms with Crippen molar-refractivity contribution in [3.8, 4) is 72.7 Å². The molecule has 0 bridgehead atoms. The number of ether oxygens (including phenoxy) is 1. The standard InChI is InChI=1S/C14H15FN2.C13H13FN2O.C13H14FNO.C13H14FNS.C12H13FN2O.C5H4.C4H6.C3H4.C2H2.CH4/c1-10(2)14-16-8-12(9-17-14)7-11-3-5-13(15)6-4-11;1-9(2)13-15-7-12(8-16-13)17-11-5-3-10(14)4-6-11;2*1-9(2)13-15-8-12(16-13)7-10-3-5-11(14)6-4-10;1-8(2)12-15-14-11(16-12)7-9-3-5-10(13)6-4-9;1-3-5-4-2;1-3-4-2;1-3-2;1-2;/h3-6,8-10H,7H2,1-2H3;3-9H,1-2H3;2*3-6,8-9H,7H2,1-2H3;3-6,8H,7H2,1-2H3;1H,2H3;1-2H3;1H,2H3;1-2H;1H4. The molecule has 0 aliphatic carbocycles. The van der Waals surface area contributed by atoms with Crippen LogP contribution in [-0.2, 0) is 25.7 Å². The van der Waals surface area contributed by atoms with Crippen LogP contribution in [0.3, 0.4) is 0 Å². The highest BCUT2D eigenvalue weighted by atomic mass is 32.1. The highest BCUT2D eigenvalue weighted by molar-refractivity contribution is 7.11. The third-order valence-corrected chi connectivity index (χ3v) is 13.5. The number of nitrogens with zero attached hydrogens (tertiary/aromatic N) is 8. The monoisotopic (exact) mass is 1340 g/mol. The summed E-state index contributed by atoms with van der Waals surface area (Å²) >= 11 is 1.74. The fourth-order valence-electron chi connectivity index (χ4n) is 7.28. The minimum atomic E-state index is -0.288. The number of rotatable bonds is 15. The summed E-state index contributed by atoms with van der Waals surface area (Å²) < 4.78 is 80.1. The Labute approximate surface area is 576 Å². The Morgan fingerprint density at radius 2 is 0.814 bits per heavy atom. The molecule has 17 heteroatoms. The van der Waals surface area contributed by atoms with E-state index in [2.05, 4.69) is 123 Å². The minimum Gasteiger partial charge on any atom is -0.454 e. The summed E-state index contributed by atoms with van der Waals surface area (Å²) in [5.74, 6) is 20.7. The zero-order valence-corrected chi connectivity index (χ0v) is 58.0. The van der Waals surface area contributed by atoms with Gasteiger partial charge in [0.15, 0.2) is 11.6 Å². The second kappa shape index (κ2) is 48.2.